The Morgan fingerprint density at radius 1 is 0.871 bits per heavy atom. The van der Waals surface area contributed by atoms with Gasteiger partial charge in [-0.05, 0) is 92.4 Å². The molecular formula is C27H29NO3. The number of aryl methyl sites for hydroxylation is 3. The molecule has 0 N–H and O–H groups in total. The lowest BCUT2D eigenvalue weighted by Crippen LogP contribution is -2.11. The average Bonchev–Trinajstić information content (AvgIpc) is 2.80. The fraction of sp³-hybridized carbons (Fsp3) is 0.222. The number of benzene rings is 3. The maximum atomic E-state index is 6.20. The first-order valence-electron chi connectivity index (χ1n) is 10.4. The minimum Gasteiger partial charge on any atom is -0.497 e. The van der Waals surface area contributed by atoms with E-state index in [0.717, 1.165) is 29.2 Å². The summed E-state index contributed by atoms with van der Waals surface area (Å²) in [6.45, 7) is 8.21. The van der Waals surface area contributed by atoms with Crippen LogP contribution in [0.2, 0.25) is 0 Å². The molecule has 3 rings (SSSR count). The van der Waals surface area contributed by atoms with Crippen molar-refractivity contribution in [2.45, 2.75) is 34.1 Å². The van der Waals surface area contributed by atoms with Gasteiger partial charge in [-0.25, -0.2) is 4.99 Å². The number of methoxy groups -OCH3 is 1. The highest BCUT2D eigenvalue weighted by Crippen LogP contribution is 2.22. The lowest BCUT2D eigenvalue weighted by Gasteiger charge is -2.12. The Bertz CT molecular complexity index is 1080. The predicted octanol–water partition coefficient (Wildman–Crippen LogP) is 6.97. The standard InChI is InChI=1S/C27H29NO3/c1-6-22-8-7-9-26(17-22)31-27(28-23-11-10-19(2)20(3)16-23)21(4)18-30-25-14-12-24(29-5)13-15-25/h7-18H,6H2,1-5H3/b21-18+,28-27?. The number of aliphatic imine (C=N–C) groups is 1. The summed E-state index contributed by atoms with van der Waals surface area (Å²) in [6, 6.07) is 21.6. The van der Waals surface area contributed by atoms with E-state index in [1.165, 1.54) is 16.7 Å². The molecule has 160 valence electrons. The summed E-state index contributed by atoms with van der Waals surface area (Å²) in [5, 5.41) is 0. The summed E-state index contributed by atoms with van der Waals surface area (Å²) in [6.07, 6.45) is 2.60. The molecule has 0 saturated carbocycles. The molecule has 0 aliphatic rings. The van der Waals surface area contributed by atoms with E-state index < -0.39 is 0 Å². The van der Waals surface area contributed by atoms with Crippen LogP contribution in [0, 0.1) is 13.8 Å². The summed E-state index contributed by atoms with van der Waals surface area (Å²) in [5.41, 5.74) is 5.23. The molecule has 0 bridgehead atoms. The molecule has 0 aliphatic carbocycles. The molecule has 3 aromatic rings. The molecule has 0 aliphatic heterocycles. The van der Waals surface area contributed by atoms with Gasteiger partial charge in [0, 0.05) is 5.57 Å². The molecule has 3 aromatic carbocycles. The topological polar surface area (TPSA) is 40.0 Å². The average molecular weight is 416 g/mol. The number of hydrogen-bond donors (Lipinski definition) is 0. The third kappa shape index (κ3) is 6.22. The maximum Gasteiger partial charge on any atom is 0.225 e. The Labute approximate surface area is 184 Å². The fourth-order valence-corrected chi connectivity index (χ4v) is 2.91. The summed E-state index contributed by atoms with van der Waals surface area (Å²) >= 11 is 0. The third-order valence-corrected chi connectivity index (χ3v) is 5.01. The molecule has 0 fully saturated rings. The van der Waals surface area contributed by atoms with Gasteiger partial charge in [0.15, 0.2) is 0 Å². The fourth-order valence-electron chi connectivity index (χ4n) is 2.91. The third-order valence-electron chi connectivity index (χ3n) is 5.01. The number of nitrogens with zero attached hydrogens (tertiary/aromatic N) is 1. The van der Waals surface area contributed by atoms with Crippen LogP contribution in [0.1, 0.15) is 30.5 Å². The van der Waals surface area contributed by atoms with Crippen molar-refractivity contribution < 1.29 is 14.2 Å². The zero-order chi connectivity index (χ0) is 22.2. The highest BCUT2D eigenvalue weighted by molar-refractivity contribution is 5.96. The molecule has 0 heterocycles. The van der Waals surface area contributed by atoms with E-state index in [0.29, 0.717) is 11.6 Å². The molecule has 31 heavy (non-hydrogen) atoms. The molecule has 0 spiro atoms. The van der Waals surface area contributed by atoms with Crippen molar-refractivity contribution in [3.63, 3.8) is 0 Å². The van der Waals surface area contributed by atoms with Crippen LogP contribution in [-0.4, -0.2) is 13.0 Å². The molecule has 0 radical (unpaired) electrons. The molecule has 4 heteroatoms. The molecular weight excluding hydrogens is 386 g/mol. The summed E-state index contributed by atoms with van der Waals surface area (Å²) in [4.78, 5) is 4.78. The number of rotatable bonds is 7. The lowest BCUT2D eigenvalue weighted by atomic mass is 10.1. The van der Waals surface area contributed by atoms with Gasteiger partial charge in [0.05, 0.1) is 19.1 Å². The van der Waals surface area contributed by atoms with Crippen LogP contribution >= 0.6 is 0 Å². The molecule has 4 nitrogen and oxygen atoms in total. The summed E-state index contributed by atoms with van der Waals surface area (Å²) in [5.74, 6) is 2.73. The minimum atomic E-state index is 0.491. The van der Waals surface area contributed by atoms with Crippen molar-refractivity contribution in [1.82, 2.24) is 0 Å². The smallest absolute Gasteiger partial charge is 0.225 e. The zero-order valence-electron chi connectivity index (χ0n) is 18.8. The van der Waals surface area contributed by atoms with Gasteiger partial charge in [-0.1, -0.05) is 25.1 Å². The maximum absolute atomic E-state index is 6.20. The van der Waals surface area contributed by atoms with E-state index in [-0.39, 0.29) is 0 Å². The van der Waals surface area contributed by atoms with Crippen molar-refractivity contribution in [1.29, 1.82) is 0 Å². The Morgan fingerprint density at radius 3 is 2.29 bits per heavy atom. The van der Waals surface area contributed by atoms with Gasteiger partial charge in [-0.15, -0.1) is 0 Å². The molecule has 0 unspecified atom stereocenters. The van der Waals surface area contributed by atoms with Gasteiger partial charge >= 0.3 is 0 Å². The van der Waals surface area contributed by atoms with Crippen LogP contribution in [0.5, 0.6) is 17.2 Å². The van der Waals surface area contributed by atoms with E-state index in [1.54, 1.807) is 13.4 Å². The van der Waals surface area contributed by atoms with Crippen LogP contribution in [-0.2, 0) is 6.42 Å². The van der Waals surface area contributed by atoms with Crippen LogP contribution < -0.4 is 14.2 Å². The van der Waals surface area contributed by atoms with Gasteiger partial charge in [-0.2, -0.15) is 0 Å². The van der Waals surface area contributed by atoms with Gasteiger partial charge in [0.2, 0.25) is 5.90 Å². The van der Waals surface area contributed by atoms with E-state index in [9.17, 15) is 0 Å². The highest BCUT2D eigenvalue weighted by atomic mass is 16.5. The van der Waals surface area contributed by atoms with Crippen molar-refractivity contribution in [3.05, 3.63) is 95.3 Å². The lowest BCUT2D eigenvalue weighted by molar-refractivity contribution is 0.412. The van der Waals surface area contributed by atoms with E-state index >= 15 is 0 Å². The first-order chi connectivity index (χ1) is 15.0. The highest BCUT2D eigenvalue weighted by Gasteiger charge is 2.09. The van der Waals surface area contributed by atoms with Crippen LogP contribution in [0.15, 0.2) is 83.6 Å². The van der Waals surface area contributed by atoms with Crippen LogP contribution in [0.3, 0.4) is 0 Å². The zero-order valence-corrected chi connectivity index (χ0v) is 18.8. The first kappa shape index (κ1) is 22.2. The van der Waals surface area contributed by atoms with Crippen molar-refractivity contribution in [2.75, 3.05) is 7.11 Å². The van der Waals surface area contributed by atoms with Gasteiger partial charge < -0.3 is 14.2 Å². The van der Waals surface area contributed by atoms with E-state index in [1.807, 2.05) is 55.5 Å². The Morgan fingerprint density at radius 2 is 1.61 bits per heavy atom. The Kier molecular flexibility index (Phi) is 7.50. The van der Waals surface area contributed by atoms with Gasteiger partial charge in [0.25, 0.3) is 0 Å². The van der Waals surface area contributed by atoms with E-state index in [4.69, 9.17) is 19.2 Å². The summed E-state index contributed by atoms with van der Waals surface area (Å²) in [7, 11) is 1.64. The largest absolute Gasteiger partial charge is 0.497 e. The number of ether oxygens (including phenoxy) is 3. The second kappa shape index (κ2) is 10.5. The van der Waals surface area contributed by atoms with Crippen LogP contribution in [0.4, 0.5) is 5.69 Å². The van der Waals surface area contributed by atoms with Gasteiger partial charge in [0.1, 0.15) is 17.2 Å². The van der Waals surface area contributed by atoms with Crippen molar-refractivity contribution >= 4 is 11.6 Å². The predicted molar refractivity (Wildman–Crippen MR) is 127 cm³/mol. The monoisotopic (exact) mass is 415 g/mol. The summed E-state index contributed by atoms with van der Waals surface area (Å²) < 4.78 is 17.2. The van der Waals surface area contributed by atoms with Crippen molar-refractivity contribution in [3.8, 4) is 17.2 Å². The Hall–Kier alpha value is -3.53. The first-order valence-corrected chi connectivity index (χ1v) is 10.4. The number of hydrogen-bond acceptors (Lipinski definition) is 4. The molecule has 0 amide bonds. The molecule has 0 aromatic heterocycles. The second-order valence-electron chi connectivity index (χ2n) is 7.38. The molecule has 0 saturated heterocycles. The second-order valence-corrected chi connectivity index (χ2v) is 7.38. The van der Waals surface area contributed by atoms with Crippen molar-refractivity contribution in [2.24, 2.45) is 4.99 Å². The minimum absolute atomic E-state index is 0.491. The Balaban J connectivity index is 1.90. The quantitative estimate of drug-likeness (QED) is 0.238. The SMILES string of the molecule is CCc1cccc(OC(=Nc2ccc(C)c(C)c2)/C(C)=C/Oc2ccc(OC)cc2)c1. The normalized spacial score (nSPS) is 11.9. The van der Waals surface area contributed by atoms with Crippen LogP contribution in [0.25, 0.3) is 0 Å². The van der Waals surface area contributed by atoms with Gasteiger partial charge in [-0.3, -0.25) is 0 Å². The molecule has 0 atom stereocenters. The van der Waals surface area contributed by atoms with E-state index in [2.05, 4.69) is 39.0 Å².